The van der Waals surface area contributed by atoms with Crippen LogP contribution in [-0.4, -0.2) is 35.9 Å². The smallest absolute Gasteiger partial charge is 0.341 e. The highest BCUT2D eigenvalue weighted by Crippen LogP contribution is 2.32. The molecule has 4 rings (SSSR count). The van der Waals surface area contributed by atoms with Crippen LogP contribution in [0.1, 0.15) is 28.4 Å². The number of anilines is 1. The van der Waals surface area contributed by atoms with E-state index in [1.165, 1.54) is 10.5 Å². The van der Waals surface area contributed by atoms with E-state index < -0.39 is 17.2 Å². The summed E-state index contributed by atoms with van der Waals surface area (Å²) in [6.45, 7) is 1.91. The highest BCUT2D eigenvalue weighted by Gasteiger charge is 2.24. The van der Waals surface area contributed by atoms with Crippen LogP contribution in [-0.2, 0) is 16.0 Å². The van der Waals surface area contributed by atoms with Gasteiger partial charge in [-0.25, -0.2) is 4.79 Å². The maximum Gasteiger partial charge on any atom is 0.341 e. The number of methoxy groups -OCH3 is 1. The average Bonchev–Trinajstić information content (AvgIpc) is 2.91. The Kier molecular flexibility index (Phi) is 7.83. The van der Waals surface area contributed by atoms with Crippen molar-refractivity contribution in [2.45, 2.75) is 6.92 Å². The Hall–Kier alpha value is -4.35. The second kappa shape index (κ2) is 11.4. The zero-order valence-electron chi connectivity index (χ0n) is 20.1. The predicted octanol–water partition coefficient (Wildman–Crippen LogP) is 4.91. The number of rotatable bonds is 7. The summed E-state index contributed by atoms with van der Waals surface area (Å²) in [5.41, 5.74) is 2.74. The summed E-state index contributed by atoms with van der Waals surface area (Å²) >= 11 is -1.98. The number of esters is 1. The van der Waals surface area contributed by atoms with Crippen molar-refractivity contribution in [3.63, 3.8) is 0 Å². The summed E-state index contributed by atoms with van der Waals surface area (Å²) < 4.78 is 30.6. The highest BCUT2D eigenvalue weighted by atomic mass is 32.2. The van der Waals surface area contributed by atoms with Gasteiger partial charge in [-0.05, 0) is 61.5 Å². The standard InChI is InChI=1S/C28H24N2O5S/c1-4-34-28(31)25-19-29-26-17-12-21(11-10-20-8-6-5-7-9-20)18-24(26)27(25)30(2)36(32)35-23-15-13-22(33-3)14-16-23/h5-9,12-19H,4H2,1-3H3. The van der Waals surface area contributed by atoms with Gasteiger partial charge in [0, 0.05) is 29.8 Å². The van der Waals surface area contributed by atoms with E-state index in [4.69, 9.17) is 13.7 Å². The van der Waals surface area contributed by atoms with Crippen LogP contribution in [0.15, 0.2) is 79.0 Å². The second-order valence-electron chi connectivity index (χ2n) is 7.56. The van der Waals surface area contributed by atoms with E-state index in [2.05, 4.69) is 16.8 Å². The molecule has 1 heterocycles. The minimum atomic E-state index is -1.98. The SMILES string of the molecule is CCOC(=O)c1cnc2ccc(C#Cc3ccccc3)cc2c1N(C)S(=O)Oc1ccc(OC)cc1. The van der Waals surface area contributed by atoms with Gasteiger partial charge < -0.3 is 13.7 Å². The molecule has 1 unspecified atom stereocenters. The van der Waals surface area contributed by atoms with E-state index in [0.717, 1.165) is 5.56 Å². The molecule has 4 aromatic rings. The number of ether oxygens (including phenoxy) is 2. The maximum atomic E-state index is 13.2. The van der Waals surface area contributed by atoms with Gasteiger partial charge in [0.2, 0.25) is 0 Å². The number of hydrogen-bond donors (Lipinski definition) is 0. The van der Waals surface area contributed by atoms with Crippen LogP contribution in [0.4, 0.5) is 5.69 Å². The third-order valence-corrected chi connectivity index (χ3v) is 6.19. The quantitative estimate of drug-likeness (QED) is 0.265. The number of pyridine rings is 1. The number of fused-ring (bicyclic) bond motifs is 1. The second-order valence-corrected chi connectivity index (χ2v) is 8.71. The number of carbonyl (C=O) groups is 1. The lowest BCUT2D eigenvalue weighted by Gasteiger charge is -2.21. The summed E-state index contributed by atoms with van der Waals surface area (Å²) in [5, 5.41) is 0.592. The molecule has 0 fully saturated rings. The summed E-state index contributed by atoms with van der Waals surface area (Å²) in [6.07, 6.45) is 1.42. The minimum absolute atomic E-state index is 0.173. The van der Waals surface area contributed by atoms with Crippen LogP contribution < -0.4 is 13.2 Å². The van der Waals surface area contributed by atoms with E-state index in [1.54, 1.807) is 45.3 Å². The summed E-state index contributed by atoms with van der Waals surface area (Å²) in [5.74, 6) is 6.72. The van der Waals surface area contributed by atoms with Gasteiger partial charge in [0.1, 0.15) is 17.1 Å². The molecule has 8 heteroatoms. The molecule has 0 saturated carbocycles. The van der Waals surface area contributed by atoms with Crippen LogP contribution in [0.5, 0.6) is 11.5 Å². The van der Waals surface area contributed by atoms with Gasteiger partial charge in [0.05, 0.1) is 24.9 Å². The van der Waals surface area contributed by atoms with E-state index >= 15 is 0 Å². The Morgan fingerprint density at radius 2 is 1.67 bits per heavy atom. The maximum absolute atomic E-state index is 13.2. The van der Waals surface area contributed by atoms with Gasteiger partial charge in [-0.3, -0.25) is 9.29 Å². The number of nitrogens with zero attached hydrogens (tertiary/aromatic N) is 2. The largest absolute Gasteiger partial charge is 0.497 e. The lowest BCUT2D eigenvalue weighted by molar-refractivity contribution is 0.0527. The molecule has 3 aromatic carbocycles. The average molecular weight is 501 g/mol. The van der Waals surface area contributed by atoms with Gasteiger partial charge in [-0.1, -0.05) is 30.0 Å². The number of hydrogen-bond acceptors (Lipinski definition) is 6. The summed E-state index contributed by atoms with van der Waals surface area (Å²) in [4.78, 5) is 17.2. The third kappa shape index (κ3) is 5.65. The molecule has 0 amide bonds. The molecular weight excluding hydrogens is 476 g/mol. The Bertz CT molecular complexity index is 1460. The van der Waals surface area contributed by atoms with E-state index in [-0.39, 0.29) is 12.2 Å². The fourth-order valence-corrected chi connectivity index (χ4v) is 4.20. The highest BCUT2D eigenvalue weighted by molar-refractivity contribution is 7.82. The van der Waals surface area contributed by atoms with Crippen molar-refractivity contribution in [3.8, 4) is 23.3 Å². The molecule has 7 nitrogen and oxygen atoms in total. The van der Waals surface area contributed by atoms with E-state index in [1.807, 2.05) is 48.5 Å². The molecule has 0 saturated heterocycles. The van der Waals surface area contributed by atoms with Crippen molar-refractivity contribution in [1.82, 2.24) is 4.98 Å². The lowest BCUT2D eigenvalue weighted by atomic mass is 10.1. The number of carbonyl (C=O) groups excluding carboxylic acids is 1. The van der Waals surface area contributed by atoms with Crippen molar-refractivity contribution in [2.24, 2.45) is 0 Å². The summed E-state index contributed by atoms with van der Waals surface area (Å²) in [7, 11) is 3.14. The Labute approximate surface area is 212 Å². The zero-order valence-corrected chi connectivity index (χ0v) is 20.9. The van der Waals surface area contributed by atoms with E-state index in [0.29, 0.717) is 33.7 Å². The predicted molar refractivity (Wildman–Crippen MR) is 140 cm³/mol. The molecule has 182 valence electrons. The first kappa shape index (κ1) is 24.8. The van der Waals surface area contributed by atoms with Crippen molar-refractivity contribution in [2.75, 3.05) is 25.1 Å². The molecule has 0 spiro atoms. The van der Waals surface area contributed by atoms with Crippen LogP contribution in [0, 0.1) is 11.8 Å². The van der Waals surface area contributed by atoms with Crippen LogP contribution in [0.25, 0.3) is 10.9 Å². The van der Waals surface area contributed by atoms with E-state index in [9.17, 15) is 9.00 Å². The molecule has 0 N–H and O–H groups in total. The first-order chi connectivity index (χ1) is 17.5. The molecule has 0 radical (unpaired) electrons. The van der Waals surface area contributed by atoms with Gasteiger partial charge in [0.15, 0.2) is 0 Å². The molecule has 0 aliphatic rings. The van der Waals surface area contributed by atoms with Crippen LogP contribution in [0.2, 0.25) is 0 Å². The van der Waals surface area contributed by atoms with Crippen molar-refractivity contribution >= 4 is 33.8 Å². The third-order valence-electron chi connectivity index (χ3n) is 5.23. The molecule has 1 aromatic heterocycles. The van der Waals surface area contributed by atoms with Crippen molar-refractivity contribution < 1.29 is 22.7 Å². The Morgan fingerprint density at radius 1 is 0.972 bits per heavy atom. The van der Waals surface area contributed by atoms with Gasteiger partial charge in [0.25, 0.3) is 0 Å². The lowest BCUT2D eigenvalue weighted by Crippen LogP contribution is -2.27. The van der Waals surface area contributed by atoms with Gasteiger partial charge in [-0.2, -0.15) is 4.21 Å². The van der Waals surface area contributed by atoms with Crippen molar-refractivity contribution in [1.29, 1.82) is 0 Å². The topological polar surface area (TPSA) is 78.0 Å². The number of benzene rings is 3. The summed E-state index contributed by atoms with van der Waals surface area (Å²) in [6, 6.07) is 21.8. The first-order valence-corrected chi connectivity index (χ1v) is 12.2. The minimum Gasteiger partial charge on any atom is -0.497 e. The number of aromatic nitrogens is 1. The Morgan fingerprint density at radius 3 is 2.36 bits per heavy atom. The normalized spacial score (nSPS) is 11.2. The van der Waals surface area contributed by atoms with Gasteiger partial charge >= 0.3 is 17.2 Å². The molecule has 0 aliphatic heterocycles. The molecular formula is C28H24N2O5S. The fraction of sp³-hybridized carbons (Fsp3) is 0.143. The van der Waals surface area contributed by atoms with Crippen molar-refractivity contribution in [3.05, 3.63) is 95.7 Å². The monoisotopic (exact) mass is 500 g/mol. The van der Waals surface area contributed by atoms with Crippen LogP contribution in [0.3, 0.4) is 0 Å². The molecule has 1 atom stereocenters. The molecule has 36 heavy (non-hydrogen) atoms. The van der Waals surface area contributed by atoms with Gasteiger partial charge in [-0.15, -0.1) is 0 Å². The fourth-order valence-electron chi connectivity index (χ4n) is 3.46. The molecule has 0 bridgehead atoms. The molecule has 0 aliphatic carbocycles. The Balaban J connectivity index is 1.76. The zero-order chi connectivity index (χ0) is 25.5. The van der Waals surface area contributed by atoms with Crippen LogP contribution >= 0.6 is 0 Å². The first-order valence-electron chi connectivity index (χ1n) is 11.1.